The van der Waals surface area contributed by atoms with Crippen LogP contribution in [0.3, 0.4) is 0 Å². The number of hydrogen-bond acceptors (Lipinski definition) is 5. The number of aryl methyl sites for hydroxylation is 1. The van der Waals surface area contributed by atoms with Gasteiger partial charge in [0.1, 0.15) is 5.71 Å². The molecular formula is C39H56N6. The molecule has 2 aliphatic heterocycles. The number of nitrogens with zero attached hydrogens (tertiary/aromatic N) is 3. The minimum absolute atomic E-state index is 0.337. The van der Waals surface area contributed by atoms with Crippen LogP contribution in [0.4, 0.5) is 0 Å². The van der Waals surface area contributed by atoms with Gasteiger partial charge in [-0.2, -0.15) is 5.10 Å². The van der Waals surface area contributed by atoms with E-state index in [1.807, 2.05) is 12.2 Å². The second kappa shape index (κ2) is 15.5. The van der Waals surface area contributed by atoms with Crippen LogP contribution in [0, 0.1) is 12.8 Å². The van der Waals surface area contributed by atoms with E-state index in [-0.39, 0.29) is 5.54 Å². The minimum Gasteiger partial charge on any atom is -0.368 e. The molecule has 0 radical (unpaired) electrons. The van der Waals surface area contributed by atoms with Crippen LogP contribution < -0.4 is 10.7 Å². The van der Waals surface area contributed by atoms with Gasteiger partial charge in [-0.15, -0.1) is 0 Å². The zero-order valence-corrected chi connectivity index (χ0v) is 28.7. The van der Waals surface area contributed by atoms with Crippen LogP contribution in [0.2, 0.25) is 0 Å². The van der Waals surface area contributed by atoms with Crippen molar-refractivity contribution < 1.29 is 0 Å². The highest BCUT2D eigenvalue weighted by molar-refractivity contribution is 6.14. The van der Waals surface area contributed by atoms with Gasteiger partial charge in [-0.05, 0) is 95.5 Å². The molecule has 2 fully saturated rings. The van der Waals surface area contributed by atoms with Gasteiger partial charge in [-0.25, -0.2) is 0 Å². The highest BCUT2D eigenvalue weighted by Crippen LogP contribution is 2.33. The summed E-state index contributed by atoms with van der Waals surface area (Å²) in [6, 6.07) is 2.25. The largest absolute Gasteiger partial charge is 0.368 e. The first-order chi connectivity index (χ1) is 21.6. The summed E-state index contributed by atoms with van der Waals surface area (Å²) >= 11 is 0. The van der Waals surface area contributed by atoms with Gasteiger partial charge in [0.2, 0.25) is 0 Å². The molecule has 3 aliphatic rings. The molecule has 1 saturated carbocycles. The predicted molar refractivity (Wildman–Crippen MR) is 194 cm³/mol. The van der Waals surface area contributed by atoms with Crippen molar-refractivity contribution in [1.29, 1.82) is 0 Å². The summed E-state index contributed by atoms with van der Waals surface area (Å²) in [6.07, 6.45) is 22.4. The van der Waals surface area contributed by atoms with Crippen molar-refractivity contribution in [1.82, 2.24) is 25.5 Å². The Labute approximate surface area is 272 Å². The molecule has 3 heterocycles. The third kappa shape index (κ3) is 8.49. The Bertz CT molecular complexity index is 1430. The lowest BCUT2D eigenvalue weighted by Crippen LogP contribution is -2.43. The summed E-state index contributed by atoms with van der Waals surface area (Å²) in [7, 11) is 2.19. The lowest BCUT2D eigenvalue weighted by atomic mass is 9.86. The SMILES string of the molecule is C=C/C=C(\c1cc(C2=NNC(C)(C)\C2=C/C(=C\C)C(/C=C(\C=C)NC(=C)CC2CCCCC2)=C/C)[nH]c1C)N1CCN(C)CC1. The fraction of sp³-hybridized carbons (Fsp3) is 0.462. The highest BCUT2D eigenvalue weighted by Gasteiger charge is 2.34. The zero-order valence-electron chi connectivity index (χ0n) is 28.7. The molecule has 1 saturated heterocycles. The Morgan fingerprint density at radius 1 is 1.07 bits per heavy atom. The average molecular weight is 609 g/mol. The van der Waals surface area contributed by atoms with Crippen LogP contribution in [-0.4, -0.2) is 59.3 Å². The van der Waals surface area contributed by atoms with E-state index in [4.69, 9.17) is 5.10 Å². The van der Waals surface area contributed by atoms with Crippen LogP contribution in [0.5, 0.6) is 0 Å². The summed E-state index contributed by atoms with van der Waals surface area (Å²) in [5.74, 6) is 0.735. The quantitative estimate of drug-likeness (QED) is 0.210. The molecule has 0 amide bonds. The molecule has 1 aromatic rings. The van der Waals surface area contributed by atoms with E-state index in [2.05, 4.69) is 123 Å². The van der Waals surface area contributed by atoms with Crippen molar-refractivity contribution in [3.05, 3.63) is 113 Å². The molecule has 0 bridgehead atoms. The first kappa shape index (κ1) is 34.1. The first-order valence-electron chi connectivity index (χ1n) is 16.8. The maximum atomic E-state index is 4.87. The molecule has 0 unspecified atom stereocenters. The molecule has 1 aliphatic carbocycles. The Hall–Kier alpha value is -3.77. The molecule has 1 aromatic heterocycles. The first-order valence-corrected chi connectivity index (χ1v) is 16.8. The highest BCUT2D eigenvalue weighted by atomic mass is 15.4. The van der Waals surface area contributed by atoms with E-state index in [9.17, 15) is 0 Å². The summed E-state index contributed by atoms with van der Waals surface area (Å²) in [6.45, 7) is 27.3. The lowest BCUT2D eigenvalue weighted by molar-refractivity contribution is 0.207. The molecule has 242 valence electrons. The summed E-state index contributed by atoms with van der Waals surface area (Å²) in [5.41, 5.74) is 14.0. The van der Waals surface area contributed by atoms with E-state index in [1.54, 1.807) is 0 Å². The van der Waals surface area contributed by atoms with Crippen molar-refractivity contribution in [3.63, 3.8) is 0 Å². The number of hydrazone groups is 1. The van der Waals surface area contributed by atoms with Gasteiger partial charge in [0.15, 0.2) is 0 Å². The summed E-state index contributed by atoms with van der Waals surface area (Å²) in [5, 5.41) is 8.43. The summed E-state index contributed by atoms with van der Waals surface area (Å²) < 4.78 is 0. The van der Waals surface area contributed by atoms with Crippen LogP contribution in [0.25, 0.3) is 5.70 Å². The average Bonchev–Trinajstić information content (AvgIpc) is 3.55. The molecule has 0 atom stereocenters. The normalized spacial score (nSPS) is 21.5. The predicted octanol–water partition coefficient (Wildman–Crippen LogP) is 8.15. The molecule has 45 heavy (non-hydrogen) atoms. The van der Waals surface area contributed by atoms with Crippen LogP contribution in [0.1, 0.15) is 83.2 Å². The Morgan fingerprint density at radius 3 is 2.38 bits per heavy atom. The molecule has 6 nitrogen and oxygen atoms in total. The topological polar surface area (TPSA) is 58.7 Å². The van der Waals surface area contributed by atoms with E-state index < -0.39 is 0 Å². The monoisotopic (exact) mass is 608 g/mol. The van der Waals surface area contributed by atoms with Gasteiger partial charge in [0.25, 0.3) is 0 Å². The van der Waals surface area contributed by atoms with Crippen molar-refractivity contribution in [2.45, 2.75) is 78.7 Å². The van der Waals surface area contributed by atoms with Crippen molar-refractivity contribution >= 4 is 11.4 Å². The minimum atomic E-state index is -0.337. The number of aromatic amines is 1. The smallest absolute Gasteiger partial charge is 0.112 e. The van der Waals surface area contributed by atoms with Gasteiger partial charge >= 0.3 is 0 Å². The third-order valence-electron chi connectivity index (χ3n) is 9.41. The van der Waals surface area contributed by atoms with Crippen molar-refractivity contribution in [2.75, 3.05) is 33.2 Å². The second-order valence-corrected chi connectivity index (χ2v) is 13.3. The number of rotatable bonds is 12. The Balaban J connectivity index is 1.60. The van der Waals surface area contributed by atoms with Gasteiger partial charge in [-0.3, -0.25) is 5.43 Å². The number of likely N-dealkylation sites (N-methyl/N-ethyl adjacent to an activating group) is 1. The van der Waals surface area contributed by atoms with Crippen LogP contribution in [0.15, 0.2) is 102 Å². The molecule has 3 N–H and O–H groups in total. The van der Waals surface area contributed by atoms with Crippen LogP contribution in [-0.2, 0) is 0 Å². The van der Waals surface area contributed by atoms with E-state index in [0.29, 0.717) is 0 Å². The Morgan fingerprint density at radius 2 is 1.76 bits per heavy atom. The van der Waals surface area contributed by atoms with Gasteiger partial charge in [0.05, 0.1) is 11.2 Å². The fourth-order valence-electron chi connectivity index (χ4n) is 6.67. The van der Waals surface area contributed by atoms with E-state index in [0.717, 1.165) is 83.7 Å². The number of piperazine rings is 1. The maximum absolute atomic E-state index is 4.87. The fourth-order valence-corrected chi connectivity index (χ4v) is 6.67. The molecule has 0 aromatic carbocycles. The Kier molecular flexibility index (Phi) is 11.7. The van der Waals surface area contributed by atoms with Gasteiger partial charge in [-0.1, -0.05) is 70.1 Å². The molecule has 6 heteroatoms. The number of nitrogens with one attached hydrogen (secondary N) is 3. The van der Waals surface area contributed by atoms with E-state index in [1.165, 1.54) is 43.4 Å². The number of aromatic nitrogens is 1. The zero-order chi connectivity index (χ0) is 32.6. The number of H-pyrrole nitrogens is 1. The van der Waals surface area contributed by atoms with E-state index >= 15 is 0 Å². The lowest BCUT2D eigenvalue weighted by Gasteiger charge is -2.35. The number of allylic oxidation sites excluding steroid dienone is 10. The molecule has 0 spiro atoms. The van der Waals surface area contributed by atoms with Crippen molar-refractivity contribution in [3.8, 4) is 0 Å². The standard InChI is InChI=1S/C39H56N6/c1-10-17-37(45-22-20-44(9)21-23-45)34-27-36(41-29(34)6)38-35(39(7,8)43-42-38)26-32(12-3)31(11-2)25-33(13-4)40-28(5)24-30-18-15-14-16-19-30/h10-13,17,25-27,30,40-41,43H,1,4-5,14-16,18-24H2,2-3,6-9H3/b31-11+,32-12+,33-25+,35-26-,37-17+. The second-order valence-electron chi connectivity index (χ2n) is 13.3. The van der Waals surface area contributed by atoms with Crippen molar-refractivity contribution in [2.24, 2.45) is 11.0 Å². The van der Waals surface area contributed by atoms with Gasteiger partial charge < -0.3 is 20.1 Å². The van der Waals surface area contributed by atoms with Gasteiger partial charge in [0, 0.05) is 60.1 Å². The summed E-state index contributed by atoms with van der Waals surface area (Å²) in [4.78, 5) is 8.52. The maximum Gasteiger partial charge on any atom is 0.112 e. The number of hydrogen-bond donors (Lipinski definition) is 3. The third-order valence-corrected chi connectivity index (χ3v) is 9.41. The van der Waals surface area contributed by atoms with Crippen LogP contribution >= 0.6 is 0 Å². The molecular weight excluding hydrogens is 552 g/mol. The molecule has 4 rings (SSSR count).